The summed E-state index contributed by atoms with van der Waals surface area (Å²) in [7, 11) is 0. The van der Waals surface area contributed by atoms with Gasteiger partial charge in [0.2, 0.25) is 0 Å². The number of nitriles is 2. The molecule has 0 aliphatic carbocycles. The van der Waals surface area contributed by atoms with Crippen molar-refractivity contribution in [3.63, 3.8) is 0 Å². The van der Waals surface area contributed by atoms with Gasteiger partial charge >= 0.3 is 0 Å². The fourth-order valence-corrected chi connectivity index (χ4v) is 9.28. The van der Waals surface area contributed by atoms with E-state index in [-0.39, 0.29) is 0 Å². The van der Waals surface area contributed by atoms with Crippen molar-refractivity contribution in [2.45, 2.75) is 13.8 Å². The molecule has 0 amide bonds. The van der Waals surface area contributed by atoms with Crippen LogP contribution in [-0.2, 0) is 0 Å². The molecule has 0 spiro atoms. The lowest BCUT2D eigenvalue weighted by molar-refractivity contribution is 1.14. The van der Waals surface area contributed by atoms with Gasteiger partial charge in [-0.15, -0.1) is 0 Å². The predicted molar refractivity (Wildman–Crippen MR) is 256 cm³/mol. The predicted octanol–water partition coefficient (Wildman–Crippen LogP) is 14.9. The van der Waals surface area contributed by atoms with Gasteiger partial charge in [-0.2, -0.15) is 10.5 Å². The Balaban J connectivity index is 1.35. The first-order valence-corrected chi connectivity index (χ1v) is 20.9. The zero-order valence-electron chi connectivity index (χ0n) is 34.3. The summed E-state index contributed by atoms with van der Waals surface area (Å²) in [6, 6.07) is 73.4. The van der Waals surface area contributed by atoms with Crippen LogP contribution in [0.2, 0.25) is 0 Å². The number of fused-ring (bicyclic) bond motifs is 6. The van der Waals surface area contributed by atoms with Gasteiger partial charge in [-0.1, -0.05) is 132 Å². The zero-order valence-corrected chi connectivity index (χ0v) is 34.3. The molecule has 0 N–H and O–H groups in total. The Morgan fingerprint density at radius 1 is 0.323 bits per heavy atom. The number of nitrogens with zero attached hydrogens (tertiary/aromatic N) is 4. The molecule has 4 nitrogen and oxygen atoms in total. The highest BCUT2D eigenvalue weighted by Crippen LogP contribution is 2.45. The molecule has 290 valence electrons. The van der Waals surface area contributed by atoms with Crippen molar-refractivity contribution in [2.75, 3.05) is 0 Å². The summed E-state index contributed by atoms with van der Waals surface area (Å²) >= 11 is 0. The molecule has 11 rings (SSSR count). The molecule has 0 atom stereocenters. The van der Waals surface area contributed by atoms with Gasteiger partial charge in [-0.05, 0) is 126 Å². The number of benzene rings is 9. The van der Waals surface area contributed by atoms with Crippen molar-refractivity contribution < 1.29 is 0 Å². The van der Waals surface area contributed by atoms with E-state index in [2.05, 4.69) is 193 Å². The van der Waals surface area contributed by atoms with Gasteiger partial charge < -0.3 is 9.13 Å². The molecule has 0 unspecified atom stereocenters. The summed E-state index contributed by atoms with van der Waals surface area (Å²) in [5.41, 5.74) is 18.6. The second-order valence-electron chi connectivity index (χ2n) is 16.2. The van der Waals surface area contributed by atoms with Crippen LogP contribution in [0.4, 0.5) is 0 Å². The van der Waals surface area contributed by atoms with E-state index in [1.54, 1.807) is 0 Å². The average molecular weight is 791 g/mol. The van der Waals surface area contributed by atoms with E-state index in [0.29, 0.717) is 11.1 Å². The van der Waals surface area contributed by atoms with Gasteiger partial charge in [0.15, 0.2) is 0 Å². The Bertz CT molecular complexity index is 3480. The molecule has 0 radical (unpaired) electrons. The Hall–Kier alpha value is -8.44. The van der Waals surface area contributed by atoms with Gasteiger partial charge in [-0.25, -0.2) is 0 Å². The Labute approximate surface area is 360 Å². The van der Waals surface area contributed by atoms with E-state index in [1.807, 2.05) is 36.4 Å². The van der Waals surface area contributed by atoms with Crippen LogP contribution in [-0.4, -0.2) is 9.13 Å². The van der Waals surface area contributed by atoms with Gasteiger partial charge in [0.05, 0.1) is 56.7 Å². The minimum Gasteiger partial charge on any atom is -0.309 e. The SMILES string of the molecule is Cc1ccc2c(c1)c1cc(C)ccc1n2-c1cc(-c2ccc(C#N)cc2)cc(-n2c3cc(-c4ccccc4)ccc3c3ccc(-c4ccccc4)cc32)c1-c1ccc(C#N)cc1. The Kier molecular flexibility index (Phi) is 8.67. The van der Waals surface area contributed by atoms with Crippen LogP contribution in [0.25, 0.3) is 99.5 Å². The van der Waals surface area contributed by atoms with Crippen LogP contribution >= 0.6 is 0 Å². The summed E-state index contributed by atoms with van der Waals surface area (Å²) in [4.78, 5) is 0. The van der Waals surface area contributed by atoms with E-state index in [0.717, 1.165) is 88.7 Å². The van der Waals surface area contributed by atoms with Crippen LogP contribution in [0, 0.1) is 36.5 Å². The monoisotopic (exact) mass is 790 g/mol. The third-order valence-corrected chi connectivity index (χ3v) is 12.3. The second kappa shape index (κ2) is 14.7. The van der Waals surface area contributed by atoms with E-state index in [9.17, 15) is 10.5 Å². The standard InChI is InChI=1S/C58H38N4/c1-37-13-27-52-50(29-37)51-30-38(2)14-28-53(51)61(52)56-33-47(43-19-15-39(35-59)16-20-43)34-57(58(56)44-21-17-40(36-60)18-22-44)62-54-31-45(41-9-5-3-6-10-41)23-25-48(54)49-26-24-46(32-55(49)62)42-11-7-4-8-12-42/h3-34H,1-2H3. The molecule has 2 heterocycles. The first kappa shape index (κ1) is 36.6. The highest BCUT2D eigenvalue weighted by molar-refractivity contribution is 6.13. The van der Waals surface area contributed by atoms with Gasteiger partial charge in [0, 0.05) is 27.1 Å². The molecule has 0 aliphatic rings. The Morgan fingerprint density at radius 3 is 1.18 bits per heavy atom. The summed E-state index contributed by atoms with van der Waals surface area (Å²) in [6.45, 7) is 4.31. The number of aryl methyl sites for hydroxylation is 2. The number of rotatable bonds is 6. The molecular weight excluding hydrogens is 753 g/mol. The summed E-state index contributed by atoms with van der Waals surface area (Å²) in [5.74, 6) is 0. The second-order valence-corrected chi connectivity index (χ2v) is 16.2. The maximum absolute atomic E-state index is 9.99. The molecule has 0 saturated carbocycles. The molecular formula is C58H38N4. The fraction of sp³-hybridized carbons (Fsp3) is 0.0345. The van der Waals surface area contributed by atoms with Gasteiger partial charge in [0.1, 0.15) is 0 Å². The smallest absolute Gasteiger partial charge is 0.0991 e. The molecule has 0 saturated heterocycles. The van der Waals surface area contributed by atoms with Crippen molar-refractivity contribution in [3.05, 3.63) is 216 Å². The van der Waals surface area contributed by atoms with Crippen molar-refractivity contribution in [1.82, 2.24) is 9.13 Å². The molecule has 0 fully saturated rings. The summed E-state index contributed by atoms with van der Waals surface area (Å²) in [6.07, 6.45) is 0. The maximum Gasteiger partial charge on any atom is 0.0991 e. The normalized spacial score (nSPS) is 11.4. The number of hydrogen-bond donors (Lipinski definition) is 0. The van der Waals surface area contributed by atoms with Crippen molar-refractivity contribution in [1.29, 1.82) is 10.5 Å². The van der Waals surface area contributed by atoms with E-state index in [1.165, 1.54) is 21.9 Å². The van der Waals surface area contributed by atoms with Gasteiger partial charge in [-0.3, -0.25) is 0 Å². The largest absolute Gasteiger partial charge is 0.309 e. The van der Waals surface area contributed by atoms with Crippen LogP contribution in [0.1, 0.15) is 22.3 Å². The lowest BCUT2D eigenvalue weighted by Gasteiger charge is -2.22. The van der Waals surface area contributed by atoms with Crippen LogP contribution in [0.5, 0.6) is 0 Å². The molecule has 11 aromatic rings. The fourth-order valence-electron chi connectivity index (χ4n) is 9.28. The maximum atomic E-state index is 9.99. The first-order valence-electron chi connectivity index (χ1n) is 20.9. The summed E-state index contributed by atoms with van der Waals surface area (Å²) < 4.78 is 4.88. The highest BCUT2D eigenvalue weighted by atomic mass is 15.0. The molecule has 62 heavy (non-hydrogen) atoms. The molecule has 9 aromatic carbocycles. The van der Waals surface area contributed by atoms with Crippen LogP contribution < -0.4 is 0 Å². The lowest BCUT2D eigenvalue weighted by atomic mass is 9.94. The molecule has 4 heteroatoms. The molecule has 0 aliphatic heterocycles. The van der Waals surface area contributed by atoms with Crippen molar-refractivity contribution in [3.8, 4) is 68.0 Å². The zero-order chi connectivity index (χ0) is 41.9. The first-order chi connectivity index (χ1) is 30.4. The minimum absolute atomic E-state index is 0.603. The number of hydrogen-bond acceptors (Lipinski definition) is 2. The third-order valence-electron chi connectivity index (χ3n) is 12.3. The van der Waals surface area contributed by atoms with E-state index in [4.69, 9.17) is 0 Å². The van der Waals surface area contributed by atoms with Crippen molar-refractivity contribution in [2.24, 2.45) is 0 Å². The minimum atomic E-state index is 0.603. The van der Waals surface area contributed by atoms with E-state index >= 15 is 0 Å². The van der Waals surface area contributed by atoms with Crippen LogP contribution in [0.3, 0.4) is 0 Å². The molecule has 2 aromatic heterocycles. The van der Waals surface area contributed by atoms with Crippen LogP contribution in [0.15, 0.2) is 194 Å². The van der Waals surface area contributed by atoms with Crippen molar-refractivity contribution >= 4 is 43.6 Å². The topological polar surface area (TPSA) is 57.4 Å². The van der Waals surface area contributed by atoms with E-state index < -0.39 is 0 Å². The quantitative estimate of drug-likeness (QED) is 0.168. The molecule has 0 bridgehead atoms. The van der Waals surface area contributed by atoms with Gasteiger partial charge in [0.25, 0.3) is 0 Å². The highest BCUT2D eigenvalue weighted by Gasteiger charge is 2.24. The average Bonchev–Trinajstić information content (AvgIpc) is 3.82. The lowest BCUT2D eigenvalue weighted by Crippen LogP contribution is -2.05. The third kappa shape index (κ3) is 6.05. The summed E-state index contributed by atoms with van der Waals surface area (Å²) in [5, 5.41) is 24.5. The number of aromatic nitrogens is 2. The Morgan fingerprint density at radius 2 is 0.726 bits per heavy atom.